The minimum atomic E-state index is 0.154. The van der Waals surface area contributed by atoms with Gasteiger partial charge in [0.15, 0.2) is 5.84 Å². The summed E-state index contributed by atoms with van der Waals surface area (Å²) in [6.07, 6.45) is 3.71. The molecule has 1 heterocycles. The highest BCUT2D eigenvalue weighted by atomic mass is 79.9. The lowest BCUT2D eigenvalue weighted by Gasteiger charge is -2.22. The molecule has 3 N–H and O–H groups in total. The second kappa shape index (κ2) is 6.28. The van der Waals surface area contributed by atoms with E-state index in [1.807, 2.05) is 18.2 Å². The van der Waals surface area contributed by atoms with Crippen molar-refractivity contribution in [2.75, 3.05) is 18.0 Å². The Morgan fingerprint density at radius 3 is 3.05 bits per heavy atom. The number of amidine groups is 1. The van der Waals surface area contributed by atoms with Gasteiger partial charge < -0.3 is 15.8 Å². The first kappa shape index (κ1) is 14.2. The average molecular weight is 326 g/mol. The van der Waals surface area contributed by atoms with Crippen LogP contribution in [0.5, 0.6) is 0 Å². The summed E-state index contributed by atoms with van der Waals surface area (Å²) in [6.45, 7) is 4.31. The number of nitrogens with zero attached hydrogens (tertiary/aromatic N) is 2. The van der Waals surface area contributed by atoms with E-state index in [0.717, 1.165) is 34.7 Å². The summed E-state index contributed by atoms with van der Waals surface area (Å²) in [6, 6.07) is 5.93. The molecule has 0 radical (unpaired) electrons. The van der Waals surface area contributed by atoms with Crippen LogP contribution < -0.4 is 10.6 Å². The van der Waals surface area contributed by atoms with E-state index in [9.17, 15) is 0 Å². The third kappa shape index (κ3) is 3.03. The normalized spacial score (nSPS) is 20.0. The Labute approximate surface area is 122 Å². The number of rotatable bonds is 4. The largest absolute Gasteiger partial charge is 0.409 e. The standard InChI is InChI=1S/C14H20BrN3O/c1-2-4-10-7-8-18(9-10)12-6-3-5-11(15)13(12)14(16)17-19/h3,5-6,10,19H,2,4,7-9H2,1H3,(H2,16,17). The van der Waals surface area contributed by atoms with Crippen molar-refractivity contribution in [2.24, 2.45) is 16.8 Å². The molecule has 1 atom stereocenters. The van der Waals surface area contributed by atoms with Gasteiger partial charge in [0, 0.05) is 23.2 Å². The molecule has 1 saturated heterocycles. The quantitative estimate of drug-likeness (QED) is 0.387. The van der Waals surface area contributed by atoms with Crippen molar-refractivity contribution in [2.45, 2.75) is 26.2 Å². The van der Waals surface area contributed by atoms with Crippen LogP contribution in [0.4, 0.5) is 5.69 Å². The van der Waals surface area contributed by atoms with Crippen molar-refractivity contribution >= 4 is 27.5 Å². The van der Waals surface area contributed by atoms with Crippen molar-refractivity contribution < 1.29 is 5.21 Å². The lowest BCUT2D eigenvalue weighted by atomic mass is 10.0. The second-order valence-corrected chi connectivity index (χ2v) is 5.86. The van der Waals surface area contributed by atoms with E-state index >= 15 is 0 Å². The van der Waals surface area contributed by atoms with Gasteiger partial charge in [-0.3, -0.25) is 0 Å². The zero-order valence-electron chi connectivity index (χ0n) is 11.1. The third-order valence-electron chi connectivity index (χ3n) is 3.68. The molecule has 5 heteroatoms. The number of oxime groups is 1. The van der Waals surface area contributed by atoms with E-state index in [4.69, 9.17) is 10.9 Å². The van der Waals surface area contributed by atoms with E-state index in [-0.39, 0.29) is 5.84 Å². The maximum Gasteiger partial charge on any atom is 0.173 e. The third-order valence-corrected chi connectivity index (χ3v) is 4.34. The first-order valence-electron chi connectivity index (χ1n) is 6.68. The summed E-state index contributed by atoms with van der Waals surface area (Å²) in [5.74, 6) is 0.908. The van der Waals surface area contributed by atoms with Crippen molar-refractivity contribution in [1.82, 2.24) is 0 Å². The molecule has 1 aliphatic heterocycles. The van der Waals surface area contributed by atoms with Crippen LogP contribution in [0.1, 0.15) is 31.7 Å². The Balaban J connectivity index is 2.28. The predicted octanol–water partition coefficient (Wildman–Crippen LogP) is 3.17. The highest BCUT2D eigenvalue weighted by Gasteiger charge is 2.25. The van der Waals surface area contributed by atoms with E-state index in [2.05, 4.69) is 32.9 Å². The molecule has 4 nitrogen and oxygen atoms in total. The smallest absolute Gasteiger partial charge is 0.173 e. The molecule has 0 aromatic heterocycles. The number of hydrogen-bond donors (Lipinski definition) is 2. The Bertz CT molecular complexity index is 476. The maximum atomic E-state index is 8.94. The van der Waals surface area contributed by atoms with Crippen LogP contribution in [0, 0.1) is 5.92 Å². The summed E-state index contributed by atoms with van der Waals surface area (Å²) in [5.41, 5.74) is 7.62. The van der Waals surface area contributed by atoms with Crippen molar-refractivity contribution in [1.29, 1.82) is 0 Å². The highest BCUT2D eigenvalue weighted by Crippen LogP contribution is 2.32. The summed E-state index contributed by atoms with van der Waals surface area (Å²) >= 11 is 3.48. The zero-order valence-corrected chi connectivity index (χ0v) is 12.7. The van der Waals surface area contributed by atoms with Crippen molar-refractivity contribution in [3.8, 4) is 0 Å². The monoisotopic (exact) mass is 325 g/mol. The summed E-state index contributed by atoms with van der Waals surface area (Å²) < 4.78 is 0.860. The molecule has 19 heavy (non-hydrogen) atoms. The molecule has 2 rings (SSSR count). The van der Waals surface area contributed by atoms with Gasteiger partial charge in [0.25, 0.3) is 0 Å². The Hall–Kier alpha value is -1.23. The fraction of sp³-hybridized carbons (Fsp3) is 0.500. The maximum absolute atomic E-state index is 8.94. The van der Waals surface area contributed by atoms with Gasteiger partial charge in [-0.15, -0.1) is 0 Å². The number of nitrogens with two attached hydrogens (primary N) is 1. The number of hydrogen-bond acceptors (Lipinski definition) is 3. The molecule has 1 fully saturated rings. The molecule has 1 aliphatic rings. The molecule has 0 amide bonds. The van der Waals surface area contributed by atoms with Crippen LogP contribution >= 0.6 is 15.9 Å². The summed E-state index contributed by atoms with van der Waals surface area (Å²) in [7, 11) is 0. The average Bonchev–Trinajstić information content (AvgIpc) is 2.86. The van der Waals surface area contributed by atoms with E-state index in [1.165, 1.54) is 19.3 Å². The number of anilines is 1. The van der Waals surface area contributed by atoms with Crippen LogP contribution in [0.3, 0.4) is 0 Å². The summed E-state index contributed by atoms with van der Waals surface area (Å²) in [4.78, 5) is 2.33. The van der Waals surface area contributed by atoms with Gasteiger partial charge in [-0.05, 0) is 46.8 Å². The molecule has 0 aliphatic carbocycles. The SMILES string of the molecule is CCCC1CCN(c2cccc(Br)c2/C(N)=N/O)C1. The van der Waals surface area contributed by atoms with Crippen molar-refractivity contribution in [3.63, 3.8) is 0 Å². The first-order chi connectivity index (χ1) is 9.17. The first-order valence-corrected chi connectivity index (χ1v) is 7.48. The molecule has 0 saturated carbocycles. The van der Waals surface area contributed by atoms with E-state index in [0.29, 0.717) is 0 Å². The molecular weight excluding hydrogens is 306 g/mol. The minimum absolute atomic E-state index is 0.154. The van der Waals surface area contributed by atoms with Gasteiger partial charge >= 0.3 is 0 Å². The molecule has 1 aromatic carbocycles. The van der Waals surface area contributed by atoms with Crippen molar-refractivity contribution in [3.05, 3.63) is 28.2 Å². The molecule has 1 unspecified atom stereocenters. The Morgan fingerprint density at radius 2 is 2.37 bits per heavy atom. The molecule has 0 spiro atoms. The van der Waals surface area contributed by atoms with Gasteiger partial charge in [0.05, 0.1) is 5.56 Å². The van der Waals surface area contributed by atoms with Crippen LogP contribution in [-0.4, -0.2) is 24.1 Å². The lowest BCUT2D eigenvalue weighted by molar-refractivity contribution is 0.318. The molecular formula is C14H20BrN3O. The van der Waals surface area contributed by atoms with Gasteiger partial charge in [-0.2, -0.15) is 0 Å². The Morgan fingerprint density at radius 1 is 1.58 bits per heavy atom. The van der Waals surface area contributed by atoms with Gasteiger partial charge in [0.2, 0.25) is 0 Å². The van der Waals surface area contributed by atoms with Crippen LogP contribution in [-0.2, 0) is 0 Å². The second-order valence-electron chi connectivity index (χ2n) is 5.01. The highest BCUT2D eigenvalue weighted by molar-refractivity contribution is 9.10. The minimum Gasteiger partial charge on any atom is -0.409 e. The number of halogens is 1. The molecule has 0 bridgehead atoms. The topological polar surface area (TPSA) is 61.8 Å². The number of benzene rings is 1. The zero-order chi connectivity index (χ0) is 13.8. The predicted molar refractivity (Wildman–Crippen MR) is 81.9 cm³/mol. The fourth-order valence-electron chi connectivity index (χ4n) is 2.78. The van der Waals surface area contributed by atoms with Gasteiger partial charge in [0.1, 0.15) is 0 Å². The summed E-state index contributed by atoms with van der Waals surface area (Å²) in [5, 5.41) is 12.1. The fourth-order valence-corrected chi connectivity index (χ4v) is 3.33. The van der Waals surface area contributed by atoms with Gasteiger partial charge in [-0.25, -0.2) is 0 Å². The molecule has 104 valence electrons. The van der Waals surface area contributed by atoms with Crippen LogP contribution in [0.25, 0.3) is 0 Å². The Kier molecular flexibility index (Phi) is 4.69. The molecule has 1 aromatic rings. The van der Waals surface area contributed by atoms with E-state index < -0.39 is 0 Å². The van der Waals surface area contributed by atoms with Gasteiger partial charge in [-0.1, -0.05) is 24.6 Å². The van der Waals surface area contributed by atoms with Crippen LogP contribution in [0.2, 0.25) is 0 Å². The van der Waals surface area contributed by atoms with E-state index in [1.54, 1.807) is 0 Å². The van der Waals surface area contributed by atoms with Crippen LogP contribution in [0.15, 0.2) is 27.8 Å². The lowest BCUT2D eigenvalue weighted by Crippen LogP contribution is -2.25.